The Hall–Kier alpha value is -1.35. The molecule has 1 rings (SSSR count). The number of benzene rings is 1. The molecule has 0 heterocycles. The van der Waals surface area contributed by atoms with Crippen LogP contribution in [0.4, 0.5) is 0 Å². The van der Waals surface area contributed by atoms with E-state index in [9.17, 15) is 4.79 Å². The number of hydrogen-bond acceptors (Lipinski definition) is 2. The SMILES string of the molecule is CC(C)(N)C(=O)NCCc1ccc(C(C)(C)C)cc1. The zero-order valence-electron chi connectivity index (χ0n) is 12.7. The topological polar surface area (TPSA) is 55.1 Å². The van der Waals surface area contributed by atoms with Gasteiger partial charge in [0, 0.05) is 6.54 Å². The number of hydrogen-bond donors (Lipinski definition) is 2. The first kappa shape index (κ1) is 15.7. The van der Waals surface area contributed by atoms with Crippen LogP contribution in [-0.4, -0.2) is 18.0 Å². The molecule has 3 N–H and O–H groups in total. The van der Waals surface area contributed by atoms with Crippen LogP contribution in [0.25, 0.3) is 0 Å². The highest BCUT2D eigenvalue weighted by Crippen LogP contribution is 2.22. The van der Waals surface area contributed by atoms with Crippen LogP contribution in [0, 0.1) is 0 Å². The fraction of sp³-hybridized carbons (Fsp3) is 0.562. The highest BCUT2D eigenvalue weighted by Gasteiger charge is 2.20. The van der Waals surface area contributed by atoms with Gasteiger partial charge in [0.2, 0.25) is 5.91 Å². The Labute approximate surface area is 116 Å². The van der Waals surface area contributed by atoms with Crippen LogP contribution in [0.5, 0.6) is 0 Å². The van der Waals surface area contributed by atoms with E-state index in [-0.39, 0.29) is 11.3 Å². The number of nitrogens with one attached hydrogen (secondary N) is 1. The molecule has 0 bridgehead atoms. The summed E-state index contributed by atoms with van der Waals surface area (Å²) < 4.78 is 0. The Balaban J connectivity index is 2.50. The Kier molecular flexibility index (Phi) is 4.75. The zero-order valence-corrected chi connectivity index (χ0v) is 12.7. The maximum atomic E-state index is 11.6. The van der Waals surface area contributed by atoms with Crippen molar-refractivity contribution in [3.05, 3.63) is 35.4 Å². The van der Waals surface area contributed by atoms with Crippen LogP contribution in [0.1, 0.15) is 45.7 Å². The van der Waals surface area contributed by atoms with E-state index >= 15 is 0 Å². The molecule has 0 aromatic heterocycles. The van der Waals surface area contributed by atoms with Gasteiger partial charge in [-0.1, -0.05) is 45.0 Å². The van der Waals surface area contributed by atoms with Crippen molar-refractivity contribution < 1.29 is 4.79 Å². The van der Waals surface area contributed by atoms with Gasteiger partial charge in [0.1, 0.15) is 0 Å². The Bertz CT molecular complexity index is 422. The Morgan fingerprint density at radius 1 is 1.11 bits per heavy atom. The summed E-state index contributed by atoms with van der Waals surface area (Å²) in [5.41, 5.74) is 7.63. The lowest BCUT2D eigenvalue weighted by molar-refractivity contribution is -0.125. The van der Waals surface area contributed by atoms with E-state index in [1.807, 2.05) is 0 Å². The zero-order chi connectivity index (χ0) is 14.7. The second-order valence-corrected chi connectivity index (χ2v) is 6.67. The van der Waals surface area contributed by atoms with Crippen molar-refractivity contribution >= 4 is 5.91 Å². The van der Waals surface area contributed by atoms with Crippen molar-refractivity contribution in [2.24, 2.45) is 5.73 Å². The molecule has 0 radical (unpaired) electrons. The molecule has 0 atom stereocenters. The van der Waals surface area contributed by atoms with Gasteiger partial charge in [0.05, 0.1) is 5.54 Å². The highest BCUT2D eigenvalue weighted by atomic mass is 16.2. The van der Waals surface area contributed by atoms with Gasteiger partial charge in [-0.05, 0) is 36.8 Å². The van der Waals surface area contributed by atoms with Crippen LogP contribution >= 0.6 is 0 Å². The third kappa shape index (κ3) is 5.03. The number of amides is 1. The predicted molar refractivity (Wildman–Crippen MR) is 80.1 cm³/mol. The second kappa shape index (κ2) is 5.74. The van der Waals surface area contributed by atoms with E-state index in [0.717, 1.165) is 6.42 Å². The monoisotopic (exact) mass is 262 g/mol. The summed E-state index contributed by atoms with van der Waals surface area (Å²) >= 11 is 0. The van der Waals surface area contributed by atoms with Gasteiger partial charge in [-0.3, -0.25) is 4.79 Å². The molecule has 1 aromatic rings. The fourth-order valence-corrected chi connectivity index (χ4v) is 1.72. The summed E-state index contributed by atoms with van der Waals surface area (Å²) in [4.78, 5) is 11.6. The molecule has 106 valence electrons. The van der Waals surface area contributed by atoms with Crippen LogP contribution in [0.3, 0.4) is 0 Å². The molecular weight excluding hydrogens is 236 g/mol. The maximum absolute atomic E-state index is 11.6. The normalized spacial score (nSPS) is 12.3. The summed E-state index contributed by atoms with van der Waals surface area (Å²) in [7, 11) is 0. The van der Waals surface area contributed by atoms with Crippen molar-refractivity contribution in [1.29, 1.82) is 0 Å². The van der Waals surface area contributed by atoms with Crippen LogP contribution in [-0.2, 0) is 16.6 Å². The number of carbonyl (C=O) groups is 1. The summed E-state index contributed by atoms with van der Waals surface area (Å²) in [5.74, 6) is -0.112. The molecule has 0 saturated carbocycles. The van der Waals surface area contributed by atoms with Crippen molar-refractivity contribution in [1.82, 2.24) is 5.32 Å². The average molecular weight is 262 g/mol. The number of nitrogens with two attached hydrogens (primary N) is 1. The van der Waals surface area contributed by atoms with E-state index in [0.29, 0.717) is 6.54 Å². The lowest BCUT2D eigenvalue weighted by Gasteiger charge is -2.19. The van der Waals surface area contributed by atoms with Gasteiger partial charge in [-0.25, -0.2) is 0 Å². The quantitative estimate of drug-likeness (QED) is 0.875. The van der Waals surface area contributed by atoms with E-state index in [4.69, 9.17) is 5.73 Å². The third-order valence-electron chi connectivity index (χ3n) is 3.10. The van der Waals surface area contributed by atoms with Crippen molar-refractivity contribution in [2.45, 2.75) is 52.0 Å². The van der Waals surface area contributed by atoms with Crippen LogP contribution in [0.2, 0.25) is 0 Å². The molecule has 19 heavy (non-hydrogen) atoms. The molecule has 0 saturated heterocycles. The molecule has 0 aliphatic carbocycles. The van der Waals surface area contributed by atoms with Gasteiger partial charge >= 0.3 is 0 Å². The minimum Gasteiger partial charge on any atom is -0.354 e. The molecule has 3 nitrogen and oxygen atoms in total. The summed E-state index contributed by atoms with van der Waals surface area (Å²) in [6.07, 6.45) is 0.826. The van der Waals surface area contributed by atoms with Crippen molar-refractivity contribution in [3.8, 4) is 0 Å². The molecular formula is C16H26N2O. The summed E-state index contributed by atoms with van der Waals surface area (Å²) in [5, 5.41) is 2.85. The van der Waals surface area contributed by atoms with Gasteiger partial charge in [-0.15, -0.1) is 0 Å². The molecule has 0 aliphatic heterocycles. The van der Waals surface area contributed by atoms with Crippen molar-refractivity contribution in [3.63, 3.8) is 0 Å². The first-order valence-corrected chi connectivity index (χ1v) is 6.77. The van der Waals surface area contributed by atoms with Gasteiger partial charge in [0.25, 0.3) is 0 Å². The highest BCUT2D eigenvalue weighted by molar-refractivity contribution is 5.84. The number of carbonyl (C=O) groups excluding carboxylic acids is 1. The van der Waals surface area contributed by atoms with Gasteiger partial charge in [0.15, 0.2) is 0 Å². The number of rotatable bonds is 4. The second-order valence-electron chi connectivity index (χ2n) is 6.67. The van der Waals surface area contributed by atoms with Crippen molar-refractivity contribution in [2.75, 3.05) is 6.54 Å². The molecule has 0 fully saturated rings. The van der Waals surface area contributed by atoms with Gasteiger partial charge in [-0.2, -0.15) is 0 Å². The maximum Gasteiger partial charge on any atom is 0.239 e. The van der Waals surface area contributed by atoms with Gasteiger partial charge < -0.3 is 11.1 Å². The van der Waals surface area contributed by atoms with Crippen LogP contribution in [0.15, 0.2) is 24.3 Å². The van der Waals surface area contributed by atoms with E-state index in [1.54, 1.807) is 13.8 Å². The largest absolute Gasteiger partial charge is 0.354 e. The molecule has 1 amide bonds. The minimum atomic E-state index is -0.809. The predicted octanol–water partition coefficient (Wildman–Crippen LogP) is 2.38. The van der Waals surface area contributed by atoms with E-state index in [1.165, 1.54) is 11.1 Å². The molecule has 3 heteroatoms. The molecule has 0 spiro atoms. The van der Waals surface area contributed by atoms with Crippen LogP contribution < -0.4 is 11.1 Å². The Morgan fingerprint density at radius 3 is 2.05 bits per heavy atom. The van der Waals surface area contributed by atoms with E-state index in [2.05, 4.69) is 50.4 Å². The molecule has 0 aliphatic rings. The average Bonchev–Trinajstić information content (AvgIpc) is 2.27. The fourth-order valence-electron chi connectivity index (χ4n) is 1.72. The first-order valence-electron chi connectivity index (χ1n) is 6.77. The smallest absolute Gasteiger partial charge is 0.239 e. The standard InChI is InChI=1S/C16H26N2O/c1-15(2,3)13-8-6-12(7-9-13)10-11-18-14(19)16(4,5)17/h6-9H,10-11,17H2,1-5H3,(H,18,19). The third-order valence-corrected chi connectivity index (χ3v) is 3.10. The Morgan fingerprint density at radius 2 is 1.63 bits per heavy atom. The summed E-state index contributed by atoms with van der Waals surface area (Å²) in [6.45, 7) is 10.6. The molecule has 1 aromatic carbocycles. The molecule has 0 unspecified atom stereocenters. The lowest BCUT2D eigenvalue weighted by atomic mass is 9.86. The minimum absolute atomic E-state index is 0.112. The lowest BCUT2D eigenvalue weighted by Crippen LogP contribution is -2.49. The first-order chi connectivity index (χ1) is 8.60. The van der Waals surface area contributed by atoms with E-state index < -0.39 is 5.54 Å². The summed E-state index contributed by atoms with van der Waals surface area (Å²) in [6, 6.07) is 8.56.